The molecule has 2 aromatic carbocycles. The normalized spacial score (nSPS) is 18.0. The third-order valence-electron chi connectivity index (χ3n) is 7.73. The van der Waals surface area contributed by atoms with Gasteiger partial charge in [-0.1, -0.05) is 34.5 Å². The summed E-state index contributed by atoms with van der Waals surface area (Å²) in [5, 5.41) is 13.5. The standard InChI is InChI=1S/C31H29F6N7O5/c1-29(2,3)48-28(46)38-21-14-30(33,34)19-13-20(32)18(24-40-41-27(47-24)43-10-4-5-11-43)12-22(19)44(25(21)45)15-16-6-8-17(9-7-16)23-39-26(49-42-23)31(35,36)37/h6-9,12-13,21H,4-5,10-11,14-15H2,1-3H3,(H,38,46)/t21-/m1/s1. The molecule has 6 rings (SSSR count). The first kappa shape index (κ1) is 33.7. The monoisotopic (exact) mass is 693 g/mol. The Morgan fingerprint density at radius 2 is 1.78 bits per heavy atom. The number of rotatable bonds is 6. The average molecular weight is 694 g/mol. The summed E-state index contributed by atoms with van der Waals surface area (Å²) in [7, 11) is 0. The van der Waals surface area contributed by atoms with E-state index in [0.717, 1.165) is 23.8 Å². The molecule has 0 unspecified atom stereocenters. The Morgan fingerprint density at radius 3 is 2.41 bits per heavy atom. The molecule has 2 aliphatic rings. The van der Waals surface area contributed by atoms with E-state index >= 15 is 13.2 Å². The number of nitrogens with one attached hydrogen (secondary N) is 1. The Kier molecular flexibility index (Phi) is 8.52. The zero-order chi connectivity index (χ0) is 35.3. The molecule has 18 heteroatoms. The third kappa shape index (κ3) is 7.17. The number of carbonyl (C=O) groups excluding carboxylic acids is 2. The average Bonchev–Trinajstić information content (AvgIpc) is 3.79. The summed E-state index contributed by atoms with van der Waals surface area (Å²) in [6, 6.07) is 5.45. The topological polar surface area (TPSA) is 140 Å². The number of aromatic nitrogens is 4. The van der Waals surface area contributed by atoms with Crippen LogP contribution in [0.2, 0.25) is 0 Å². The van der Waals surface area contributed by atoms with Crippen LogP contribution >= 0.6 is 0 Å². The molecule has 0 bridgehead atoms. The molecule has 2 amide bonds. The highest BCUT2D eigenvalue weighted by molar-refractivity contribution is 6.01. The van der Waals surface area contributed by atoms with Crippen LogP contribution in [0.5, 0.6) is 0 Å². The van der Waals surface area contributed by atoms with E-state index in [9.17, 15) is 22.8 Å². The maximum absolute atomic E-state index is 15.9. The van der Waals surface area contributed by atoms with Gasteiger partial charge in [0.25, 0.3) is 11.8 Å². The molecule has 1 saturated heterocycles. The number of fused-ring (bicyclic) bond motifs is 1. The lowest BCUT2D eigenvalue weighted by Gasteiger charge is -2.27. The van der Waals surface area contributed by atoms with E-state index < -0.39 is 65.1 Å². The largest absolute Gasteiger partial charge is 0.471 e. The first-order valence-corrected chi connectivity index (χ1v) is 15.1. The maximum atomic E-state index is 15.9. The van der Waals surface area contributed by atoms with Gasteiger partial charge < -0.3 is 28.8 Å². The van der Waals surface area contributed by atoms with Crippen LogP contribution in [0.4, 0.5) is 42.8 Å². The van der Waals surface area contributed by atoms with Gasteiger partial charge in [0.1, 0.15) is 17.5 Å². The number of anilines is 2. The lowest BCUT2D eigenvalue weighted by atomic mass is 9.99. The Hall–Kier alpha value is -5.16. The number of carbonyl (C=O) groups is 2. The molecular weight excluding hydrogens is 664 g/mol. The predicted molar refractivity (Wildman–Crippen MR) is 159 cm³/mol. The van der Waals surface area contributed by atoms with Crippen LogP contribution in [-0.4, -0.2) is 57.1 Å². The van der Waals surface area contributed by atoms with E-state index in [-0.39, 0.29) is 35.4 Å². The number of alkyl carbamates (subject to hydrolysis) is 1. The van der Waals surface area contributed by atoms with Crippen molar-refractivity contribution in [2.24, 2.45) is 0 Å². The fourth-order valence-corrected chi connectivity index (χ4v) is 5.49. The van der Waals surface area contributed by atoms with Crippen molar-refractivity contribution in [1.29, 1.82) is 0 Å². The van der Waals surface area contributed by atoms with Gasteiger partial charge in [-0.25, -0.2) is 18.0 Å². The Labute approximate surface area is 274 Å². The number of ether oxygens (including phenoxy) is 1. The van der Waals surface area contributed by atoms with Crippen molar-refractivity contribution in [3.05, 3.63) is 59.2 Å². The molecule has 4 heterocycles. The van der Waals surface area contributed by atoms with Crippen molar-refractivity contribution in [1.82, 2.24) is 25.7 Å². The molecule has 1 fully saturated rings. The highest BCUT2D eigenvalue weighted by atomic mass is 19.4. The summed E-state index contributed by atoms with van der Waals surface area (Å²) in [6.45, 7) is 5.56. The van der Waals surface area contributed by atoms with Crippen molar-refractivity contribution in [2.75, 3.05) is 22.9 Å². The fourth-order valence-electron chi connectivity index (χ4n) is 5.49. The second-order valence-electron chi connectivity index (χ2n) is 12.6. The molecule has 0 saturated carbocycles. The van der Waals surface area contributed by atoms with E-state index in [1.54, 1.807) is 25.7 Å². The predicted octanol–water partition coefficient (Wildman–Crippen LogP) is 6.47. The van der Waals surface area contributed by atoms with Gasteiger partial charge in [0.15, 0.2) is 0 Å². The van der Waals surface area contributed by atoms with Crippen molar-refractivity contribution in [3.63, 3.8) is 0 Å². The fraction of sp³-hybridized carbons (Fsp3) is 0.419. The van der Waals surface area contributed by atoms with Gasteiger partial charge in [0.2, 0.25) is 11.7 Å². The van der Waals surface area contributed by atoms with E-state index in [0.29, 0.717) is 24.7 Å². The number of alkyl halides is 5. The summed E-state index contributed by atoms with van der Waals surface area (Å²) in [5.74, 6) is -8.10. The van der Waals surface area contributed by atoms with Crippen LogP contribution < -0.4 is 15.1 Å². The summed E-state index contributed by atoms with van der Waals surface area (Å²) in [6.07, 6.45) is -5.42. The molecule has 0 radical (unpaired) electrons. The Morgan fingerprint density at radius 1 is 1.08 bits per heavy atom. The van der Waals surface area contributed by atoms with E-state index in [1.165, 1.54) is 24.3 Å². The zero-order valence-electron chi connectivity index (χ0n) is 26.3. The lowest BCUT2D eigenvalue weighted by Crippen LogP contribution is -2.49. The molecule has 2 aromatic heterocycles. The van der Waals surface area contributed by atoms with Crippen LogP contribution in [0.15, 0.2) is 45.3 Å². The smallest absolute Gasteiger partial charge is 0.444 e. The number of halogens is 6. The molecule has 12 nitrogen and oxygen atoms in total. The first-order valence-electron chi connectivity index (χ1n) is 15.1. The number of hydrogen-bond acceptors (Lipinski definition) is 10. The van der Waals surface area contributed by atoms with Crippen LogP contribution in [0.1, 0.15) is 57.1 Å². The SMILES string of the molecule is CC(C)(C)OC(=O)N[C@@H]1CC(F)(F)c2cc(F)c(-c3nnc(N4CCCC4)o3)cc2N(Cc2ccc(-c3noc(C(F)(F)F)n3)cc2)C1=O. The molecule has 1 atom stereocenters. The second kappa shape index (κ2) is 12.4. The van der Waals surface area contributed by atoms with Crippen LogP contribution in [0, 0.1) is 5.82 Å². The number of benzene rings is 2. The van der Waals surface area contributed by atoms with Crippen LogP contribution in [0.3, 0.4) is 0 Å². The van der Waals surface area contributed by atoms with Crippen molar-refractivity contribution in [2.45, 2.75) is 70.3 Å². The van der Waals surface area contributed by atoms with Gasteiger partial charge in [0, 0.05) is 30.6 Å². The van der Waals surface area contributed by atoms with Crippen LogP contribution in [0.25, 0.3) is 22.8 Å². The second-order valence-corrected chi connectivity index (χ2v) is 12.6. The van der Waals surface area contributed by atoms with E-state index in [4.69, 9.17) is 9.15 Å². The Bertz CT molecular complexity index is 1860. The maximum Gasteiger partial charge on any atom is 0.471 e. The highest BCUT2D eigenvalue weighted by Crippen LogP contribution is 2.45. The molecule has 49 heavy (non-hydrogen) atoms. The summed E-state index contributed by atoms with van der Waals surface area (Å²) in [5.41, 5.74) is -2.12. The quantitative estimate of drug-likeness (QED) is 0.224. The Balaban J connectivity index is 1.38. The molecule has 260 valence electrons. The summed E-state index contributed by atoms with van der Waals surface area (Å²) < 4.78 is 101. The molecule has 4 aromatic rings. The molecule has 2 aliphatic heterocycles. The minimum atomic E-state index is -4.85. The molecular formula is C31H29F6N7O5. The highest BCUT2D eigenvalue weighted by Gasteiger charge is 2.47. The minimum absolute atomic E-state index is 0.130. The van der Waals surface area contributed by atoms with Crippen molar-refractivity contribution in [3.8, 4) is 22.8 Å². The van der Waals surface area contributed by atoms with Crippen molar-refractivity contribution >= 4 is 23.7 Å². The van der Waals surface area contributed by atoms with E-state index in [2.05, 4.69) is 30.2 Å². The van der Waals surface area contributed by atoms with Crippen LogP contribution in [-0.2, 0) is 28.2 Å². The van der Waals surface area contributed by atoms with Gasteiger partial charge in [0.05, 0.1) is 17.8 Å². The number of nitrogens with zero attached hydrogens (tertiary/aromatic N) is 6. The molecule has 1 N–H and O–H groups in total. The number of amides is 2. The van der Waals surface area contributed by atoms with Gasteiger partial charge in [-0.05, 0) is 51.3 Å². The van der Waals surface area contributed by atoms with E-state index in [1.807, 2.05) is 0 Å². The first-order chi connectivity index (χ1) is 23.0. The summed E-state index contributed by atoms with van der Waals surface area (Å²) >= 11 is 0. The van der Waals surface area contributed by atoms with Gasteiger partial charge in [-0.2, -0.15) is 18.2 Å². The van der Waals surface area contributed by atoms with Gasteiger partial charge >= 0.3 is 24.2 Å². The zero-order valence-corrected chi connectivity index (χ0v) is 26.3. The minimum Gasteiger partial charge on any atom is -0.444 e. The number of hydrogen-bond donors (Lipinski definition) is 1. The molecule has 0 aliphatic carbocycles. The molecule has 0 spiro atoms. The summed E-state index contributed by atoms with van der Waals surface area (Å²) in [4.78, 5) is 32.8. The van der Waals surface area contributed by atoms with Crippen molar-refractivity contribution < 1.29 is 49.6 Å². The van der Waals surface area contributed by atoms with Gasteiger partial charge in [-0.15, -0.1) is 5.10 Å². The third-order valence-corrected chi connectivity index (χ3v) is 7.73. The van der Waals surface area contributed by atoms with Gasteiger partial charge in [-0.3, -0.25) is 4.79 Å². The lowest BCUT2D eigenvalue weighted by molar-refractivity contribution is -0.159.